The monoisotopic (exact) mass is 195 g/mol. The molecule has 0 aromatic rings. The van der Waals surface area contributed by atoms with Gasteiger partial charge in [-0.3, -0.25) is 0 Å². The first-order chi connectivity index (χ1) is 6.75. The summed E-state index contributed by atoms with van der Waals surface area (Å²) >= 11 is 0. The highest BCUT2D eigenvalue weighted by molar-refractivity contribution is 6.21. The zero-order valence-corrected chi connectivity index (χ0v) is 8.88. The fraction of sp³-hybridized carbons (Fsp3) is 0.636. The second-order valence-corrected chi connectivity index (χ2v) is 3.52. The van der Waals surface area contributed by atoms with Crippen LogP contribution < -0.4 is 0 Å². The smallest absolute Gasteiger partial charge is 0.312 e. The van der Waals surface area contributed by atoms with E-state index < -0.39 is 0 Å². The SMILES string of the molecule is CCCCCCC=C1C(=O)ON=C1C. The molecule has 0 aromatic heterocycles. The van der Waals surface area contributed by atoms with Crippen molar-refractivity contribution in [3.63, 3.8) is 0 Å². The molecule has 1 rings (SSSR count). The number of oxime groups is 1. The van der Waals surface area contributed by atoms with Crippen molar-refractivity contribution in [2.24, 2.45) is 5.16 Å². The Kier molecular flexibility index (Phi) is 4.36. The molecule has 0 bridgehead atoms. The lowest BCUT2D eigenvalue weighted by molar-refractivity contribution is -0.136. The van der Waals surface area contributed by atoms with Crippen LogP contribution in [0.5, 0.6) is 0 Å². The second kappa shape index (κ2) is 5.58. The van der Waals surface area contributed by atoms with Gasteiger partial charge in [0.1, 0.15) is 0 Å². The van der Waals surface area contributed by atoms with E-state index in [0.29, 0.717) is 11.3 Å². The van der Waals surface area contributed by atoms with Crippen LogP contribution in [0.1, 0.15) is 46.0 Å². The highest BCUT2D eigenvalue weighted by Crippen LogP contribution is 2.13. The van der Waals surface area contributed by atoms with Crippen LogP contribution in [0.25, 0.3) is 0 Å². The van der Waals surface area contributed by atoms with Crippen molar-refractivity contribution in [2.75, 3.05) is 0 Å². The summed E-state index contributed by atoms with van der Waals surface area (Å²) in [5.74, 6) is -0.307. The average Bonchev–Trinajstić information content (AvgIpc) is 2.48. The van der Waals surface area contributed by atoms with Crippen LogP contribution in [-0.2, 0) is 9.63 Å². The van der Waals surface area contributed by atoms with E-state index in [9.17, 15) is 4.79 Å². The third kappa shape index (κ3) is 2.98. The Hall–Kier alpha value is -1.12. The number of unbranched alkanes of at least 4 members (excludes halogenated alkanes) is 4. The fourth-order valence-corrected chi connectivity index (χ4v) is 1.40. The number of nitrogens with zero attached hydrogens (tertiary/aromatic N) is 1. The molecule has 0 aromatic carbocycles. The number of hydrogen-bond donors (Lipinski definition) is 0. The topological polar surface area (TPSA) is 38.7 Å². The van der Waals surface area contributed by atoms with Crippen LogP contribution in [0.4, 0.5) is 0 Å². The number of allylic oxidation sites excluding steroid dienone is 1. The molecule has 1 heterocycles. The normalized spacial score (nSPS) is 18.6. The van der Waals surface area contributed by atoms with Crippen molar-refractivity contribution >= 4 is 11.7 Å². The van der Waals surface area contributed by atoms with Crippen LogP contribution in [0.2, 0.25) is 0 Å². The van der Waals surface area contributed by atoms with Crippen LogP contribution in [0.3, 0.4) is 0 Å². The molecule has 0 radical (unpaired) electrons. The highest BCUT2D eigenvalue weighted by Gasteiger charge is 2.20. The van der Waals surface area contributed by atoms with E-state index in [-0.39, 0.29) is 5.97 Å². The van der Waals surface area contributed by atoms with Crippen molar-refractivity contribution in [3.05, 3.63) is 11.6 Å². The number of carbonyl (C=O) groups is 1. The number of carbonyl (C=O) groups excluding carboxylic acids is 1. The minimum absolute atomic E-state index is 0.307. The third-order valence-electron chi connectivity index (χ3n) is 2.28. The van der Waals surface area contributed by atoms with Crippen molar-refractivity contribution in [2.45, 2.75) is 46.0 Å². The molecule has 0 saturated heterocycles. The molecule has 0 aliphatic carbocycles. The van der Waals surface area contributed by atoms with Gasteiger partial charge in [-0.2, -0.15) is 0 Å². The Labute approximate surface area is 84.8 Å². The van der Waals surface area contributed by atoms with Crippen LogP contribution in [0, 0.1) is 0 Å². The van der Waals surface area contributed by atoms with Gasteiger partial charge in [0.25, 0.3) is 0 Å². The van der Waals surface area contributed by atoms with Gasteiger partial charge in [0.15, 0.2) is 0 Å². The molecule has 0 N–H and O–H groups in total. The molecule has 0 saturated carbocycles. The molecule has 0 unspecified atom stereocenters. The van der Waals surface area contributed by atoms with Crippen LogP contribution >= 0.6 is 0 Å². The van der Waals surface area contributed by atoms with Crippen LogP contribution in [0.15, 0.2) is 16.8 Å². The summed E-state index contributed by atoms with van der Waals surface area (Å²) in [4.78, 5) is 15.6. The van der Waals surface area contributed by atoms with E-state index in [4.69, 9.17) is 0 Å². The maximum absolute atomic E-state index is 11.1. The van der Waals surface area contributed by atoms with Gasteiger partial charge in [0.05, 0.1) is 11.3 Å². The van der Waals surface area contributed by atoms with Gasteiger partial charge in [-0.15, -0.1) is 0 Å². The molecule has 14 heavy (non-hydrogen) atoms. The van der Waals surface area contributed by atoms with E-state index in [1.54, 1.807) is 6.92 Å². The summed E-state index contributed by atoms with van der Waals surface area (Å²) in [6.45, 7) is 3.98. The van der Waals surface area contributed by atoms with Gasteiger partial charge in [-0.05, 0) is 19.8 Å². The van der Waals surface area contributed by atoms with E-state index in [0.717, 1.165) is 12.8 Å². The lowest BCUT2D eigenvalue weighted by Gasteiger charge is -1.95. The second-order valence-electron chi connectivity index (χ2n) is 3.52. The molecule has 0 fully saturated rings. The Balaban J connectivity index is 2.30. The van der Waals surface area contributed by atoms with Crippen LogP contribution in [-0.4, -0.2) is 11.7 Å². The minimum atomic E-state index is -0.307. The largest absolute Gasteiger partial charge is 0.367 e. The predicted molar refractivity (Wildman–Crippen MR) is 56.0 cm³/mol. The maximum atomic E-state index is 11.1. The Morgan fingerprint density at radius 3 is 2.71 bits per heavy atom. The van der Waals surface area contributed by atoms with Crippen molar-refractivity contribution < 1.29 is 9.63 Å². The molecule has 0 atom stereocenters. The van der Waals surface area contributed by atoms with Crippen molar-refractivity contribution in [1.82, 2.24) is 0 Å². The van der Waals surface area contributed by atoms with Gasteiger partial charge >= 0.3 is 5.97 Å². The van der Waals surface area contributed by atoms with E-state index in [2.05, 4.69) is 16.9 Å². The quantitative estimate of drug-likeness (QED) is 0.384. The molecule has 78 valence electrons. The summed E-state index contributed by atoms with van der Waals surface area (Å²) in [5.41, 5.74) is 1.34. The van der Waals surface area contributed by atoms with Crippen molar-refractivity contribution in [3.8, 4) is 0 Å². The standard InChI is InChI=1S/C11H17NO2/c1-3-4-5-6-7-8-10-9(2)12-14-11(10)13/h8H,3-7H2,1-2H3. The summed E-state index contributed by atoms with van der Waals surface area (Å²) in [6.07, 6.45) is 7.74. The lowest BCUT2D eigenvalue weighted by atomic mass is 10.1. The minimum Gasteiger partial charge on any atom is -0.312 e. The summed E-state index contributed by atoms with van der Waals surface area (Å²) in [6, 6.07) is 0. The maximum Gasteiger partial charge on any atom is 0.367 e. The predicted octanol–water partition coefficient (Wildman–Crippen LogP) is 2.82. The number of rotatable bonds is 5. The van der Waals surface area contributed by atoms with Gasteiger partial charge < -0.3 is 4.84 Å². The fourth-order valence-electron chi connectivity index (χ4n) is 1.40. The van der Waals surface area contributed by atoms with Gasteiger partial charge in [0, 0.05) is 0 Å². The summed E-state index contributed by atoms with van der Waals surface area (Å²) in [5, 5.41) is 3.61. The highest BCUT2D eigenvalue weighted by atomic mass is 16.7. The molecule has 1 aliphatic rings. The Morgan fingerprint density at radius 2 is 2.14 bits per heavy atom. The molecule has 0 amide bonds. The first-order valence-corrected chi connectivity index (χ1v) is 5.22. The molecule has 3 nitrogen and oxygen atoms in total. The van der Waals surface area contributed by atoms with Gasteiger partial charge in [-0.25, -0.2) is 4.79 Å². The molecule has 0 spiro atoms. The van der Waals surface area contributed by atoms with Gasteiger partial charge in [0.2, 0.25) is 0 Å². The van der Waals surface area contributed by atoms with E-state index >= 15 is 0 Å². The average molecular weight is 195 g/mol. The summed E-state index contributed by atoms with van der Waals surface area (Å²) in [7, 11) is 0. The zero-order valence-electron chi connectivity index (χ0n) is 8.88. The Morgan fingerprint density at radius 1 is 1.36 bits per heavy atom. The molecular weight excluding hydrogens is 178 g/mol. The van der Waals surface area contributed by atoms with Gasteiger partial charge in [-0.1, -0.05) is 37.4 Å². The first-order valence-electron chi connectivity index (χ1n) is 5.22. The van der Waals surface area contributed by atoms with E-state index in [1.165, 1.54) is 19.3 Å². The molecular formula is C11H17NO2. The van der Waals surface area contributed by atoms with Crippen molar-refractivity contribution in [1.29, 1.82) is 0 Å². The zero-order chi connectivity index (χ0) is 10.4. The number of hydrogen-bond acceptors (Lipinski definition) is 3. The van der Waals surface area contributed by atoms with E-state index in [1.807, 2.05) is 6.08 Å². The lowest BCUT2D eigenvalue weighted by Crippen LogP contribution is -2.01. The third-order valence-corrected chi connectivity index (χ3v) is 2.28. The summed E-state index contributed by atoms with van der Waals surface area (Å²) < 4.78 is 0. The first kappa shape index (κ1) is 11.0. The molecule has 1 aliphatic heterocycles. The molecule has 3 heteroatoms. The Bertz CT molecular complexity index is 266.